The highest BCUT2D eigenvalue weighted by Crippen LogP contribution is 2.26. The molecule has 106 valence electrons. The van der Waals surface area contributed by atoms with Crippen molar-refractivity contribution < 1.29 is 32.7 Å². The first kappa shape index (κ1) is 14.7. The topological polar surface area (TPSA) is 107 Å². The number of carbonyl (C=O) groups is 1. The Morgan fingerprint density at radius 2 is 2.21 bits per heavy atom. The molecular formula is C8H8F3N3O5. The third-order valence-electron chi connectivity index (χ3n) is 1.83. The molecule has 0 bridgehead atoms. The van der Waals surface area contributed by atoms with Gasteiger partial charge in [0.05, 0.1) is 17.9 Å². The number of rotatable bonds is 6. The van der Waals surface area contributed by atoms with E-state index in [2.05, 4.69) is 9.84 Å². The lowest BCUT2D eigenvalue weighted by molar-refractivity contribution is -0.386. The number of carboxylic acid groups (broad SMARTS) is 1. The molecule has 19 heavy (non-hydrogen) atoms. The molecule has 1 N–H and O–H groups in total. The highest BCUT2D eigenvalue weighted by Gasteiger charge is 2.31. The molecule has 8 nitrogen and oxygen atoms in total. The van der Waals surface area contributed by atoms with Gasteiger partial charge in [0.15, 0.2) is 6.61 Å². The third kappa shape index (κ3) is 4.81. The summed E-state index contributed by atoms with van der Waals surface area (Å²) < 4.78 is 40.8. The fourth-order valence-corrected chi connectivity index (χ4v) is 1.10. The fraction of sp³-hybridized carbons (Fsp3) is 0.500. The molecule has 0 aromatic carbocycles. The fourth-order valence-electron chi connectivity index (χ4n) is 1.10. The second-order valence-corrected chi connectivity index (χ2v) is 3.39. The summed E-state index contributed by atoms with van der Waals surface area (Å²) in [6.45, 7) is -1.94. The summed E-state index contributed by atoms with van der Waals surface area (Å²) in [5.74, 6) is -1.97. The number of hydrogen-bond donors (Lipinski definition) is 1. The van der Waals surface area contributed by atoms with Gasteiger partial charge in [-0.05, 0) is 0 Å². The van der Waals surface area contributed by atoms with Crippen LogP contribution in [0.3, 0.4) is 0 Å². The molecule has 0 unspecified atom stereocenters. The Kier molecular flexibility index (Phi) is 4.30. The molecule has 0 spiro atoms. The predicted molar refractivity (Wildman–Crippen MR) is 52.7 cm³/mol. The summed E-state index contributed by atoms with van der Waals surface area (Å²) in [6.07, 6.45) is -4.22. The summed E-state index contributed by atoms with van der Waals surface area (Å²) in [6, 6.07) is 0. The van der Waals surface area contributed by atoms with E-state index in [4.69, 9.17) is 5.11 Å². The van der Waals surface area contributed by atoms with Gasteiger partial charge in [-0.1, -0.05) is 0 Å². The molecule has 0 atom stereocenters. The zero-order valence-corrected chi connectivity index (χ0v) is 9.25. The van der Waals surface area contributed by atoms with Gasteiger partial charge in [-0.3, -0.25) is 19.6 Å². The number of nitro groups is 1. The minimum Gasteiger partial charge on any atom is -0.481 e. The van der Waals surface area contributed by atoms with Gasteiger partial charge in [0.1, 0.15) is 6.20 Å². The van der Waals surface area contributed by atoms with E-state index in [0.717, 1.165) is 10.9 Å². The number of nitrogens with zero attached hydrogens (tertiary/aromatic N) is 3. The van der Waals surface area contributed by atoms with Crippen molar-refractivity contribution in [2.75, 3.05) is 6.61 Å². The normalized spacial score (nSPS) is 11.3. The molecule has 0 radical (unpaired) electrons. The highest BCUT2D eigenvalue weighted by atomic mass is 19.4. The van der Waals surface area contributed by atoms with Gasteiger partial charge in [-0.15, -0.1) is 5.10 Å². The van der Waals surface area contributed by atoms with Crippen LogP contribution in [-0.2, 0) is 11.3 Å². The standard InChI is InChI=1S/C8H8F3N3O5/c9-8(10,11)4-19-7-5(14(17)18)3-13(12-7)2-1-6(15)16/h3H,1-2,4H2,(H,15,16). The van der Waals surface area contributed by atoms with Crippen molar-refractivity contribution in [3.05, 3.63) is 16.3 Å². The molecule has 1 aromatic heterocycles. The van der Waals surface area contributed by atoms with Crippen LogP contribution in [0.25, 0.3) is 0 Å². The molecule has 0 saturated carbocycles. The van der Waals surface area contributed by atoms with E-state index in [9.17, 15) is 28.1 Å². The van der Waals surface area contributed by atoms with Crippen LogP contribution in [0, 0.1) is 10.1 Å². The number of hydrogen-bond acceptors (Lipinski definition) is 5. The van der Waals surface area contributed by atoms with Crippen molar-refractivity contribution in [3.63, 3.8) is 0 Å². The van der Waals surface area contributed by atoms with E-state index in [0.29, 0.717) is 0 Å². The quantitative estimate of drug-likeness (QED) is 0.621. The van der Waals surface area contributed by atoms with E-state index >= 15 is 0 Å². The number of aliphatic carboxylic acids is 1. The molecule has 0 amide bonds. The van der Waals surface area contributed by atoms with Crippen LogP contribution in [0.5, 0.6) is 5.88 Å². The van der Waals surface area contributed by atoms with Crippen LogP contribution in [0.2, 0.25) is 0 Å². The molecule has 1 aromatic rings. The Morgan fingerprint density at radius 3 is 2.68 bits per heavy atom. The smallest absolute Gasteiger partial charge is 0.422 e. The van der Waals surface area contributed by atoms with Gasteiger partial charge in [-0.2, -0.15) is 13.2 Å². The second-order valence-electron chi connectivity index (χ2n) is 3.39. The Hall–Kier alpha value is -2.33. The predicted octanol–water partition coefficient (Wildman–Crippen LogP) is 1.21. The largest absolute Gasteiger partial charge is 0.481 e. The summed E-state index contributed by atoms with van der Waals surface area (Å²) in [5.41, 5.74) is -0.755. The summed E-state index contributed by atoms with van der Waals surface area (Å²) in [7, 11) is 0. The van der Waals surface area contributed by atoms with E-state index in [1.165, 1.54) is 0 Å². The zero-order chi connectivity index (χ0) is 14.6. The lowest BCUT2D eigenvalue weighted by Gasteiger charge is -2.05. The van der Waals surface area contributed by atoms with E-state index in [1.54, 1.807) is 0 Å². The average molecular weight is 283 g/mol. The van der Waals surface area contributed by atoms with Crippen molar-refractivity contribution in [2.45, 2.75) is 19.1 Å². The maximum Gasteiger partial charge on any atom is 0.422 e. The lowest BCUT2D eigenvalue weighted by Crippen LogP contribution is -2.19. The molecule has 1 rings (SSSR count). The Balaban J connectivity index is 2.83. The van der Waals surface area contributed by atoms with Crippen molar-refractivity contribution in [1.29, 1.82) is 0 Å². The minimum absolute atomic E-state index is 0.217. The van der Waals surface area contributed by atoms with E-state index < -0.39 is 35.2 Å². The second kappa shape index (κ2) is 5.54. The van der Waals surface area contributed by atoms with Crippen LogP contribution in [0.15, 0.2) is 6.20 Å². The first-order chi connectivity index (χ1) is 8.69. The zero-order valence-electron chi connectivity index (χ0n) is 9.25. The highest BCUT2D eigenvalue weighted by molar-refractivity contribution is 5.66. The number of aryl methyl sites for hydroxylation is 1. The van der Waals surface area contributed by atoms with Gasteiger partial charge < -0.3 is 9.84 Å². The van der Waals surface area contributed by atoms with Gasteiger partial charge in [-0.25, -0.2) is 0 Å². The van der Waals surface area contributed by atoms with Crippen LogP contribution in [0.1, 0.15) is 6.42 Å². The van der Waals surface area contributed by atoms with Gasteiger partial charge in [0.25, 0.3) is 0 Å². The monoisotopic (exact) mass is 283 g/mol. The Morgan fingerprint density at radius 1 is 1.58 bits per heavy atom. The number of ether oxygens (including phenoxy) is 1. The van der Waals surface area contributed by atoms with Crippen molar-refractivity contribution in [3.8, 4) is 5.88 Å². The molecule has 0 fully saturated rings. The Bertz CT molecular complexity index is 484. The Labute approximate surface area is 103 Å². The summed E-state index contributed by atoms with van der Waals surface area (Å²) in [4.78, 5) is 19.9. The molecular weight excluding hydrogens is 275 g/mol. The van der Waals surface area contributed by atoms with Crippen LogP contribution in [-0.4, -0.2) is 38.6 Å². The minimum atomic E-state index is -4.65. The maximum atomic E-state index is 11.9. The van der Waals surface area contributed by atoms with Gasteiger partial charge >= 0.3 is 23.7 Å². The molecule has 0 aliphatic carbocycles. The summed E-state index contributed by atoms with van der Waals surface area (Å²) in [5, 5.41) is 22.4. The van der Waals surface area contributed by atoms with Crippen molar-refractivity contribution >= 4 is 11.7 Å². The van der Waals surface area contributed by atoms with Crippen LogP contribution < -0.4 is 4.74 Å². The number of alkyl halides is 3. The van der Waals surface area contributed by atoms with Gasteiger partial charge in [0, 0.05) is 0 Å². The van der Waals surface area contributed by atoms with Crippen molar-refractivity contribution in [1.82, 2.24) is 9.78 Å². The van der Waals surface area contributed by atoms with Crippen LogP contribution in [0.4, 0.5) is 18.9 Å². The lowest BCUT2D eigenvalue weighted by atomic mass is 10.4. The maximum absolute atomic E-state index is 11.9. The molecule has 0 aliphatic rings. The van der Waals surface area contributed by atoms with Crippen LogP contribution >= 0.6 is 0 Å². The molecule has 0 saturated heterocycles. The number of carboxylic acids is 1. The first-order valence-corrected chi connectivity index (χ1v) is 4.82. The van der Waals surface area contributed by atoms with E-state index in [1.807, 2.05) is 0 Å². The summed E-state index contributed by atoms with van der Waals surface area (Å²) >= 11 is 0. The number of halogens is 3. The molecule has 0 aliphatic heterocycles. The average Bonchev–Trinajstić information content (AvgIpc) is 2.66. The third-order valence-corrected chi connectivity index (χ3v) is 1.83. The first-order valence-electron chi connectivity index (χ1n) is 4.82. The van der Waals surface area contributed by atoms with Gasteiger partial charge in [0.2, 0.25) is 0 Å². The van der Waals surface area contributed by atoms with E-state index in [-0.39, 0.29) is 13.0 Å². The molecule has 11 heteroatoms. The number of aromatic nitrogens is 2. The molecule has 1 heterocycles. The SMILES string of the molecule is O=C(O)CCn1cc([N+](=O)[O-])c(OCC(F)(F)F)n1. The van der Waals surface area contributed by atoms with Crippen molar-refractivity contribution in [2.24, 2.45) is 0 Å².